The summed E-state index contributed by atoms with van der Waals surface area (Å²) in [6, 6.07) is 16.0. The normalized spacial score (nSPS) is 10.7. The molecule has 3 aromatic carbocycles. The fourth-order valence-corrected chi connectivity index (χ4v) is 3.48. The highest BCUT2D eigenvalue weighted by Gasteiger charge is 2.11. The first-order valence-electron chi connectivity index (χ1n) is 10.1. The van der Waals surface area contributed by atoms with Crippen molar-refractivity contribution in [3.05, 3.63) is 77.5 Å². The number of aryl methyl sites for hydroxylation is 2. The molecule has 0 saturated carbocycles. The van der Waals surface area contributed by atoms with E-state index in [4.69, 9.17) is 5.11 Å². The molecule has 4 N–H and O–H groups in total. The van der Waals surface area contributed by atoms with Gasteiger partial charge >= 0.3 is 6.03 Å². The number of nitrogens with one attached hydrogen (secondary N) is 2. The lowest BCUT2D eigenvalue weighted by Gasteiger charge is -2.09. The Balaban J connectivity index is 1.57. The Labute approximate surface area is 185 Å². The third kappa shape index (κ3) is 4.41. The van der Waals surface area contributed by atoms with Crippen LogP contribution in [0.3, 0.4) is 0 Å². The molecule has 0 radical (unpaired) electrons. The van der Waals surface area contributed by atoms with Gasteiger partial charge in [0, 0.05) is 22.4 Å². The summed E-state index contributed by atoms with van der Waals surface area (Å²) in [5.74, 6) is 0.775. The molecule has 1 heterocycles. The van der Waals surface area contributed by atoms with Gasteiger partial charge in [0.2, 0.25) is 0 Å². The first kappa shape index (κ1) is 21.0. The van der Waals surface area contributed by atoms with Gasteiger partial charge in [-0.25, -0.2) is 9.78 Å². The number of benzene rings is 3. The van der Waals surface area contributed by atoms with Crippen LogP contribution in [-0.2, 0) is 0 Å². The average Bonchev–Trinajstić information content (AvgIpc) is 2.76. The molecule has 7 nitrogen and oxygen atoms in total. The molecule has 0 bridgehead atoms. The zero-order chi connectivity index (χ0) is 22.8. The Kier molecular flexibility index (Phi) is 5.55. The molecular formula is C25H23N4O3+. The zero-order valence-electron chi connectivity index (χ0n) is 18.0. The van der Waals surface area contributed by atoms with Crippen molar-refractivity contribution in [2.75, 3.05) is 10.6 Å². The standard InChI is InChI=1S/C25H22N4O3/c1-14-9-19(10-15(2)24(14)31)18-7-8-21-22(12-18)28-23(13-26-21)29-25(32)27-20-6-4-5-17(11-20)16(3)30/h4-13,31H,1-3H3,(H2,27,28,29,32)/p+1. The summed E-state index contributed by atoms with van der Waals surface area (Å²) >= 11 is 0. The smallest absolute Gasteiger partial charge is 0.324 e. The maximum atomic E-state index is 12.4. The van der Waals surface area contributed by atoms with Gasteiger partial charge in [-0.2, -0.15) is 0 Å². The molecule has 4 rings (SSSR count). The highest BCUT2D eigenvalue weighted by atomic mass is 16.3. The number of hydrogen-bond donors (Lipinski definition) is 2. The first-order chi connectivity index (χ1) is 15.3. The van der Waals surface area contributed by atoms with Gasteiger partial charge in [-0.3, -0.25) is 15.1 Å². The number of carbonyl (C=O) groups excluding carboxylic acids is 2. The largest absolute Gasteiger partial charge is 0.593 e. The highest BCUT2D eigenvalue weighted by Crippen LogP contribution is 2.30. The molecule has 160 valence electrons. The number of amides is 2. The van der Waals surface area contributed by atoms with Crippen LogP contribution in [0.4, 0.5) is 16.3 Å². The van der Waals surface area contributed by atoms with Crippen LogP contribution in [0, 0.1) is 13.8 Å². The van der Waals surface area contributed by atoms with Crippen molar-refractivity contribution in [1.29, 1.82) is 0 Å². The van der Waals surface area contributed by atoms with Gasteiger partial charge in [0.25, 0.3) is 5.75 Å². The summed E-state index contributed by atoms with van der Waals surface area (Å²) in [4.78, 5) is 32.8. The van der Waals surface area contributed by atoms with Gasteiger partial charge in [-0.05, 0) is 68.3 Å². The summed E-state index contributed by atoms with van der Waals surface area (Å²) in [5, 5.41) is 13.4. The number of hydrogen-bond acceptors (Lipinski definition) is 4. The second-order valence-electron chi connectivity index (χ2n) is 7.66. The zero-order valence-corrected chi connectivity index (χ0v) is 18.0. The molecule has 0 aliphatic carbocycles. The van der Waals surface area contributed by atoms with Crippen LogP contribution >= 0.6 is 0 Å². The molecule has 0 aliphatic heterocycles. The molecule has 0 saturated heterocycles. The average molecular weight is 427 g/mol. The topological polar surface area (TPSA) is 107 Å². The Morgan fingerprint density at radius 3 is 2.34 bits per heavy atom. The van der Waals surface area contributed by atoms with Gasteiger partial charge in [0.15, 0.2) is 11.6 Å². The number of rotatable bonds is 4. The van der Waals surface area contributed by atoms with E-state index < -0.39 is 6.03 Å². The lowest BCUT2D eigenvalue weighted by Crippen LogP contribution is -2.20. The fourth-order valence-electron chi connectivity index (χ4n) is 3.48. The molecule has 0 aliphatic rings. The van der Waals surface area contributed by atoms with Crippen molar-refractivity contribution in [2.24, 2.45) is 0 Å². The van der Waals surface area contributed by atoms with Gasteiger partial charge in [-0.15, -0.1) is 0 Å². The summed E-state index contributed by atoms with van der Waals surface area (Å²) in [6.07, 6.45) is 1.50. The Morgan fingerprint density at radius 2 is 1.62 bits per heavy atom. The van der Waals surface area contributed by atoms with Gasteiger partial charge in [0.1, 0.15) is 0 Å². The van der Waals surface area contributed by atoms with E-state index in [0.717, 1.165) is 22.3 Å². The molecule has 7 heteroatoms. The lowest BCUT2D eigenvalue weighted by atomic mass is 9.99. The highest BCUT2D eigenvalue weighted by molar-refractivity contribution is 6.01. The Bertz CT molecular complexity index is 1340. The second kappa shape index (κ2) is 8.47. The molecule has 0 atom stereocenters. The quantitative estimate of drug-likeness (QED) is 0.345. The minimum atomic E-state index is -0.479. The van der Waals surface area contributed by atoms with Crippen LogP contribution in [0.5, 0.6) is 5.75 Å². The number of fused-ring (bicyclic) bond motifs is 1. The number of urea groups is 1. The van der Waals surface area contributed by atoms with Gasteiger partial charge < -0.3 is 10.4 Å². The van der Waals surface area contributed by atoms with Gasteiger partial charge in [-0.1, -0.05) is 18.2 Å². The predicted molar refractivity (Wildman–Crippen MR) is 127 cm³/mol. The third-order valence-electron chi connectivity index (χ3n) is 5.18. The van der Waals surface area contributed by atoms with E-state index in [0.29, 0.717) is 33.9 Å². The molecule has 0 spiro atoms. The van der Waals surface area contributed by atoms with Crippen molar-refractivity contribution >= 4 is 34.4 Å². The number of aromatic nitrogens is 2. The first-order valence-corrected chi connectivity index (χ1v) is 10.1. The van der Waals surface area contributed by atoms with E-state index in [1.807, 2.05) is 44.2 Å². The van der Waals surface area contributed by atoms with Crippen molar-refractivity contribution < 1.29 is 14.7 Å². The van der Waals surface area contributed by atoms with Crippen molar-refractivity contribution in [3.8, 4) is 16.9 Å². The summed E-state index contributed by atoms with van der Waals surface area (Å²) in [6.45, 7) is 5.32. The van der Waals surface area contributed by atoms with E-state index in [1.165, 1.54) is 13.1 Å². The molecule has 0 fully saturated rings. The van der Waals surface area contributed by atoms with Crippen molar-refractivity contribution in [1.82, 2.24) is 9.97 Å². The monoisotopic (exact) mass is 427 g/mol. The predicted octanol–water partition coefficient (Wildman–Crippen LogP) is 5.20. The molecule has 1 aromatic heterocycles. The second-order valence-corrected chi connectivity index (χ2v) is 7.66. The number of ketones is 1. The van der Waals surface area contributed by atoms with E-state index in [2.05, 4.69) is 20.6 Å². The Morgan fingerprint density at radius 1 is 0.875 bits per heavy atom. The van der Waals surface area contributed by atoms with Crippen LogP contribution in [-0.4, -0.2) is 26.9 Å². The van der Waals surface area contributed by atoms with Crippen LogP contribution in [0.1, 0.15) is 28.4 Å². The van der Waals surface area contributed by atoms with E-state index in [9.17, 15) is 9.59 Å². The summed E-state index contributed by atoms with van der Waals surface area (Å²) < 4.78 is 0. The molecule has 2 amide bonds. The molecule has 0 unspecified atom stereocenters. The van der Waals surface area contributed by atoms with E-state index in [-0.39, 0.29) is 5.78 Å². The SMILES string of the molecule is CC(=O)c1cccc(NC(=O)Nc2cnc3ccc(-c4cc(C)c([OH2+])c(C)c4)cc3n2)c1. The van der Waals surface area contributed by atoms with Crippen molar-refractivity contribution in [2.45, 2.75) is 20.8 Å². The van der Waals surface area contributed by atoms with E-state index in [1.54, 1.807) is 24.3 Å². The van der Waals surface area contributed by atoms with Gasteiger partial charge in [0.05, 0.1) is 17.2 Å². The number of nitrogens with zero attached hydrogens (tertiary/aromatic N) is 2. The molecule has 4 aromatic rings. The fraction of sp³-hybridized carbons (Fsp3) is 0.120. The summed E-state index contributed by atoms with van der Waals surface area (Å²) in [7, 11) is 0. The minimum Gasteiger partial charge on any atom is -0.593 e. The van der Waals surface area contributed by atoms with Crippen molar-refractivity contribution in [3.63, 3.8) is 0 Å². The number of anilines is 2. The number of Topliss-reactive ketones (excluding diaryl/α,β-unsaturated/α-hetero) is 1. The summed E-state index contributed by atoms with van der Waals surface area (Å²) in [5.41, 5.74) is 6.16. The molecule has 32 heavy (non-hydrogen) atoms. The third-order valence-corrected chi connectivity index (χ3v) is 5.18. The maximum absolute atomic E-state index is 12.4. The maximum Gasteiger partial charge on any atom is 0.324 e. The van der Waals surface area contributed by atoms with Crippen LogP contribution in [0.2, 0.25) is 0 Å². The minimum absolute atomic E-state index is 0.0759. The van der Waals surface area contributed by atoms with Crippen LogP contribution in [0.15, 0.2) is 60.8 Å². The van der Waals surface area contributed by atoms with Crippen LogP contribution in [0.25, 0.3) is 22.2 Å². The Hall–Kier alpha value is -4.26. The van der Waals surface area contributed by atoms with E-state index >= 15 is 0 Å². The van der Waals surface area contributed by atoms with Crippen LogP contribution < -0.4 is 10.6 Å². The molecular weight excluding hydrogens is 404 g/mol. The number of carbonyl (C=O) groups is 2. The lowest BCUT2D eigenvalue weighted by molar-refractivity contribution is 0.101.